The second kappa shape index (κ2) is 8.59. The van der Waals surface area contributed by atoms with Gasteiger partial charge >= 0.3 is 0 Å². The molecular weight excluding hydrogens is 417 g/mol. The minimum absolute atomic E-state index is 0.0694. The molecule has 0 radical (unpaired) electrons. The lowest BCUT2D eigenvalue weighted by Gasteiger charge is -2.20. The lowest BCUT2D eigenvalue weighted by Crippen LogP contribution is -2.31. The summed E-state index contributed by atoms with van der Waals surface area (Å²) in [5, 5.41) is 19.9. The summed E-state index contributed by atoms with van der Waals surface area (Å²) in [4.78, 5) is 25.1. The standard InChI is InChI=1S/C19H17Cl2N5O3/c1-3-24(11-13-7-8-16(20)17(21)9-13)19(27)18-12(2)25(23-22-18)14-5-4-6-15(10-14)26(28)29/h4-10H,3,11H2,1-2H3. The molecule has 0 N–H and O–H groups in total. The van der Waals surface area contributed by atoms with E-state index in [4.69, 9.17) is 23.2 Å². The number of rotatable bonds is 6. The molecule has 3 rings (SSSR count). The molecule has 0 aliphatic carbocycles. The van der Waals surface area contributed by atoms with Gasteiger partial charge in [-0.2, -0.15) is 0 Å². The van der Waals surface area contributed by atoms with E-state index in [0.717, 1.165) is 5.56 Å². The average molecular weight is 434 g/mol. The molecular formula is C19H17Cl2N5O3. The van der Waals surface area contributed by atoms with Gasteiger partial charge in [0.25, 0.3) is 11.6 Å². The van der Waals surface area contributed by atoms with Crippen LogP contribution in [0, 0.1) is 17.0 Å². The lowest BCUT2D eigenvalue weighted by molar-refractivity contribution is -0.384. The number of aromatic nitrogens is 3. The summed E-state index contributed by atoms with van der Waals surface area (Å²) in [6.45, 7) is 4.33. The number of non-ortho nitro benzene ring substituents is 1. The molecule has 0 spiro atoms. The van der Waals surface area contributed by atoms with Gasteiger partial charge in [0, 0.05) is 25.2 Å². The molecule has 0 atom stereocenters. The number of nitro groups is 1. The Morgan fingerprint density at radius 2 is 1.97 bits per heavy atom. The first kappa shape index (κ1) is 20.8. The topological polar surface area (TPSA) is 94.2 Å². The lowest BCUT2D eigenvalue weighted by atomic mass is 10.2. The molecule has 1 amide bonds. The van der Waals surface area contributed by atoms with Crippen molar-refractivity contribution in [3.05, 3.63) is 79.6 Å². The van der Waals surface area contributed by atoms with Crippen LogP contribution in [0.3, 0.4) is 0 Å². The highest BCUT2D eigenvalue weighted by Crippen LogP contribution is 2.24. The Hall–Kier alpha value is -2.97. The van der Waals surface area contributed by atoms with Crippen LogP contribution >= 0.6 is 23.2 Å². The number of halogens is 2. The van der Waals surface area contributed by atoms with Crippen molar-refractivity contribution in [3.8, 4) is 5.69 Å². The maximum atomic E-state index is 13.0. The normalized spacial score (nSPS) is 10.8. The quantitative estimate of drug-likeness (QED) is 0.422. The second-order valence-electron chi connectivity index (χ2n) is 6.28. The zero-order valence-corrected chi connectivity index (χ0v) is 17.2. The molecule has 29 heavy (non-hydrogen) atoms. The van der Waals surface area contributed by atoms with Gasteiger partial charge in [-0.1, -0.05) is 40.5 Å². The molecule has 0 aliphatic heterocycles. The van der Waals surface area contributed by atoms with Crippen LogP contribution in [0.25, 0.3) is 5.69 Å². The summed E-state index contributed by atoms with van der Waals surface area (Å²) in [5.74, 6) is -0.298. The van der Waals surface area contributed by atoms with E-state index < -0.39 is 4.92 Å². The second-order valence-corrected chi connectivity index (χ2v) is 7.09. The van der Waals surface area contributed by atoms with Gasteiger partial charge in [-0.15, -0.1) is 5.10 Å². The summed E-state index contributed by atoms with van der Waals surface area (Å²) in [7, 11) is 0. The van der Waals surface area contributed by atoms with Gasteiger partial charge in [-0.3, -0.25) is 14.9 Å². The minimum Gasteiger partial charge on any atom is -0.333 e. The number of carbonyl (C=O) groups is 1. The minimum atomic E-state index is -0.488. The molecule has 8 nitrogen and oxygen atoms in total. The third-order valence-electron chi connectivity index (χ3n) is 4.41. The monoisotopic (exact) mass is 433 g/mol. The fraction of sp³-hybridized carbons (Fsp3) is 0.211. The van der Waals surface area contributed by atoms with Gasteiger partial charge in [0.15, 0.2) is 5.69 Å². The van der Waals surface area contributed by atoms with Gasteiger partial charge in [-0.25, -0.2) is 4.68 Å². The van der Waals surface area contributed by atoms with E-state index in [2.05, 4.69) is 10.3 Å². The molecule has 0 saturated carbocycles. The van der Waals surface area contributed by atoms with Crippen molar-refractivity contribution in [2.45, 2.75) is 20.4 Å². The molecule has 0 aliphatic rings. The van der Waals surface area contributed by atoms with E-state index in [1.165, 1.54) is 16.8 Å². The first-order valence-electron chi connectivity index (χ1n) is 8.72. The van der Waals surface area contributed by atoms with Crippen LogP contribution in [0.2, 0.25) is 10.0 Å². The van der Waals surface area contributed by atoms with Crippen LogP contribution in [0.4, 0.5) is 5.69 Å². The van der Waals surface area contributed by atoms with Crippen LogP contribution < -0.4 is 0 Å². The Morgan fingerprint density at radius 3 is 2.62 bits per heavy atom. The SMILES string of the molecule is CCN(Cc1ccc(Cl)c(Cl)c1)C(=O)c1nnn(-c2cccc([N+](=O)[O-])c2)c1C. The highest BCUT2D eigenvalue weighted by molar-refractivity contribution is 6.42. The predicted molar refractivity (Wildman–Crippen MR) is 110 cm³/mol. The molecule has 0 fully saturated rings. The molecule has 10 heteroatoms. The molecule has 2 aromatic carbocycles. The van der Waals surface area contributed by atoms with E-state index >= 15 is 0 Å². The van der Waals surface area contributed by atoms with Crippen LogP contribution in [0.1, 0.15) is 28.7 Å². The van der Waals surface area contributed by atoms with Crippen molar-refractivity contribution >= 4 is 34.8 Å². The first-order chi connectivity index (χ1) is 13.8. The first-order valence-corrected chi connectivity index (χ1v) is 9.47. The third-order valence-corrected chi connectivity index (χ3v) is 5.15. The summed E-state index contributed by atoms with van der Waals surface area (Å²) in [5.41, 5.74) is 1.88. The molecule has 150 valence electrons. The Morgan fingerprint density at radius 1 is 1.21 bits per heavy atom. The fourth-order valence-corrected chi connectivity index (χ4v) is 3.17. The molecule has 0 bridgehead atoms. The largest absolute Gasteiger partial charge is 0.333 e. The number of nitro benzene ring substituents is 1. The summed E-state index contributed by atoms with van der Waals surface area (Å²) in [6, 6.07) is 11.2. The smallest absolute Gasteiger partial charge is 0.276 e. The Labute approximate surface area is 176 Å². The van der Waals surface area contributed by atoms with Crippen LogP contribution in [-0.4, -0.2) is 37.3 Å². The highest BCUT2D eigenvalue weighted by Gasteiger charge is 2.23. The number of hydrogen-bond donors (Lipinski definition) is 0. The number of benzene rings is 2. The van der Waals surface area contributed by atoms with E-state index in [1.54, 1.807) is 42.2 Å². The van der Waals surface area contributed by atoms with Crippen molar-refractivity contribution in [2.24, 2.45) is 0 Å². The van der Waals surface area contributed by atoms with Crippen LogP contribution in [0.5, 0.6) is 0 Å². The van der Waals surface area contributed by atoms with E-state index in [1.807, 2.05) is 6.92 Å². The molecule has 1 heterocycles. The Balaban J connectivity index is 1.88. The number of nitrogens with zero attached hydrogens (tertiary/aromatic N) is 5. The number of hydrogen-bond acceptors (Lipinski definition) is 5. The van der Waals surface area contributed by atoms with E-state index in [0.29, 0.717) is 34.5 Å². The van der Waals surface area contributed by atoms with E-state index in [-0.39, 0.29) is 17.3 Å². The summed E-state index contributed by atoms with van der Waals surface area (Å²) in [6.07, 6.45) is 0. The maximum Gasteiger partial charge on any atom is 0.276 e. The van der Waals surface area contributed by atoms with Crippen LogP contribution in [0.15, 0.2) is 42.5 Å². The molecule has 0 saturated heterocycles. The van der Waals surface area contributed by atoms with Crippen molar-refractivity contribution in [2.75, 3.05) is 6.54 Å². The van der Waals surface area contributed by atoms with Crippen molar-refractivity contribution in [3.63, 3.8) is 0 Å². The van der Waals surface area contributed by atoms with Crippen molar-refractivity contribution < 1.29 is 9.72 Å². The maximum absolute atomic E-state index is 13.0. The zero-order chi connectivity index (χ0) is 21.1. The fourth-order valence-electron chi connectivity index (χ4n) is 2.85. The molecule has 1 aromatic heterocycles. The molecule has 3 aromatic rings. The van der Waals surface area contributed by atoms with Crippen molar-refractivity contribution in [1.29, 1.82) is 0 Å². The third kappa shape index (κ3) is 4.38. The Bertz CT molecular complexity index is 1080. The van der Waals surface area contributed by atoms with Gasteiger partial charge < -0.3 is 4.90 Å². The van der Waals surface area contributed by atoms with Gasteiger partial charge in [0.1, 0.15) is 0 Å². The van der Waals surface area contributed by atoms with Crippen molar-refractivity contribution in [1.82, 2.24) is 19.9 Å². The Kier molecular flexibility index (Phi) is 6.14. The number of amides is 1. The highest BCUT2D eigenvalue weighted by atomic mass is 35.5. The summed E-state index contributed by atoms with van der Waals surface area (Å²) >= 11 is 12.0. The van der Waals surface area contributed by atoms with Crippen LogP contribution in [-0.2, 0) is 6.54 Å². The van der Waals surface area contributed by atoms with Gasteiger partial charge in [-0.05, 0) is 37.6 Å². The molecule has 0 unspecified atom stereocenters. The van der Waals surface area contributed by atoms with Gasteiger partial charge in [0.05, 0.1) is 26.3 Å². The van der Waals surface area contributed by atoms with Gasteiger partial charge in [0.2, 0.25) is 0 Å². The zero-order valence-electron chi connectivity index (χ0n) is 15.7. The summed E-state index contributed by atoms with van der Waals surface area (Å²) < 4.78 is 1.41. The average Bonchev–Trinajstić information content (AvgIpc) is 3.09. The number of carbonyl (C=O) groups excluding carboxylic acids is 1. The van der Waals surface area contributed by atoms with E-state index in [9.17, 15) is 14.9 Å². The predicted octanol–water partition coefficient (Wildman–Crippen LogP) is 4.45.